The van der Waals surface area contributed by atoms with Crippen LogP contribution >= 0.6 is 0 Å². The van der Waals surface area contributed by atoms with Crippen molar-refractivity contribution in [2.24, 2.45) is 10.9 Å². The van der Waals surface area contributed by atoms with Crippen LogP contribution < -0.4 is 10.6 Å². The predicted molar refractivity (Wildman–Crippen MR) is 91.3 cm³/mol. The average Bonchev–Trinajstić information content (AvgIpc) is 2.89. The number of rotatable bonds is 5. The van der Waals surface area contributed by atoms with Gasteiger partial charge in [-0.2, -0.15) is 13.2 Å². The van der Waals surface area contributed by atoms with Gasteiger partial charge in [-0.05, 0) is 36.5 Å². The molecule has 140 valence electrons. The smallest absolute Gasteiger partial charge is 0.356 e. The third-order valence-electron chi connectivity index (χ3n) is 4.10. The molecule has 5 nitrogen and oxygen atoms in total. The minimum absolute atomic E-state index is 0.0819. The van der Waals surface area contributed by atoms with Crippen LogP contribution in [0.2, 0.25) is 0 Å². The number of guanidine groups is 1. The molecule has 0 amide bonds. The van der Waals surface area contributed by atoms with Crippen LogP contribution in [0.5, 0.6) is 0 Å². The van der Waals surface area contributed by atoms with Crippen molar-refractivity contribution >= 4 is 15.8 Å². The highest BCUT2D eigenvalue weighted by molar-refractivity contribution is 7.91. The summed E-state index contributed by atoms with van der Waals surface area (Å²) in [5.74, 6) is 1.07. The molecule has 1 aromatic carbocycles. The van der Waals surface area contributed by atoms with Crippen LogP contribution in [0.3, 0.4) is 0 Å². The standard InChI is InChI=1S/C16H22F3N3O2S/c1-20-15(22-10-13-7-9-25(23,24)11-13)21-8-6-12-2-4-14(5-3-12)16(17,18)19/h2-5,13H,6-11H2,1H3,(H2,20,21,22). The van der Waals surface area contributed by atoms with Gasteiger partial charge in [0.25, 0.3) is 0 Å². The quantitative estimate of drug-likeness (QED) is 0.607. The number of benzene rings is 1. The van der Waals surface area contributed by atoms with Crippen molar-refractivity contribution in [3.63, 3.8) is 0 Å². The van der Waals surface area contributed by atoms with Gasteiger partial charge in [0.2, 0.25) is 0 Å². The molecule has 0 aromatic heterocycles. The summed E-state index contributed by atoms with van der Waals surface area (Å²) in [6.45, 7) is 1.03. The van der Waals surface area contributed by atoms with Crippen molar-refractivity contribution in [2.75, 3.05) is 31.6 Å². The first-order valence-electron chi connectivity index (χ1n) is 8.01. The summed E-state index contributed by atoms with van der Waals surface area (Å²) in [4.78, 5) is 4.06. The zero-order valence-electron chi connectivity index (χ0n) is 13.9. The van der Waals surface area contributed by atoms with E-state index in [1.54, 1.807) is 7.05 Å². The Kier molecular flexibility index (Phi) is 6.31. The largest absolute Gasteiger partial charge is 0.416 e. The predicted octanol–water partition coefficient (Wildman–Crippen LogP) is 1.85. The molecule has 2 rings (SSSR count). The molecular weight excluding hydrogens is 355 g/mol. The number of sulfone groups is 1. The summed E-state index contributed by atoms with van der Waals surface area (Å²) in [7, 11) is -1.29. The Labute approximate surface area is 145 Å². The zero-order chi connectivity index (χ0) is 18.5. The number of alkyl halides is 3. The van der Waals surface area contributed by atoms with Gasteiger partial charge in [-0.1, -0.05) is 12.1 Å². The van der Waals surface area contributed by atoms with E-state index in [2.05, 4.69) is 15.6 Å². The van der Waals surface area contributed by atoms with E-state index in [4.69, 9.17) is 0 Å². The van der Waals surface area contributed by atoms with E-state index < -0.39 is 21.6 Å². The first-order chi connectivity index (χ1) is 11.7. The maximum Gasteiger partial charge on any atom is 0.416 e. The topological polar surface area (TPSA) is 70.6 Å². The van der Waals surface area contributed by atoms with Crippen LogP contribution in [0, 0.1) is 5.92 Å². The Balaban J connectivity index is 1.74. The molecule has 0 saturated carbocycles. The van der Waals surface area contributed by atoms with Crippen molar-refractivity contribution in [1.82, 2.24) is 10.6 Å². The van der Waals surface area contributed by atoms with Gasteiger partial charge in [-0.3, -0.25) is 4.99 Å². The average molecular weight is 377 g/mol. The maximum absolute atomic E-state index is 12.5. The molecular formula is C16H22F3N3O2S. The minimum Gasteiger partial charge on any atom is -0.356 e. The second-order valence-corrected chi connectivity index (χ2v) is 8.32. The summed E-state index contributed by atoms with van der Waals surface area (Å²) in [6.07, 6.45) is -3.12. The Bertz CT molecular complexity index is 700. The molecule has 0 aliphatic carbocycles. The SMILES string of the molecule is CN=C(NCCc1ccc(C(F)(F)F)cc1)NCC1CCS(=O)(=O)C1. The van der Waals surface area contributed by atoms with E-state index >= 15 is 0 Å². The van der Waals surface area contributed by atoms with Crippen LogP contribution in [0.15, 0.2) is 29.3 Å². The van der Waals surface area contributed by atoms with E-state index in [-0.39, 0.29) is 17.4 Å². The first-order valence-corrected chi connectivity index (χ1v) is 9.83. The van der Waals surface area contributed by atoms with Gasteiger partial charge in [0, 0.05) is 20.1 Å². The van der Waals surface area contributed by atoms with E-state index in [0.29, 0.717) is 31.9 Å². The fraction of sp³-hybridized carbons (Fsp3) is 0.562. The number of hydrogen-bond acceptors (Lipinski definition) is 3. The van der Waals surface area contributed by atoms with E-state index in [0.717, 1.165) is 17.7 Å². The lowest BCUT2D eigenvalue weighted by atomic mass is 10.1. The van der Waals surface area contributed by atoms with Gasteiger partial charge < -0.3 is 10.6 Å². The summed E-state index contributed by atoms with van der Waals surface area (Å²) in [5, 5.41) is 6.16. The molecule has 1 aromatic rings. The molecule has 0 radical (unpaired) electrons. The molecule has 9 heteroatoms. The van der Waals surface area contributed by atoms with E-state index in [1.165, 1.54) is 12.1 Å². The van der Waals surface area contributed by atoms with Gasteiger partial charge in [-0.15, -0.1) is 0 Å². The van der Waals surface area contributed by atoms with Crippen molar-refractivity contribution < 1.29 is 21.6 Å². The van der Waals surface area contributed by atoms with Gasteiger partial charge in [0.1, 0.15) is 0 Å². The number of hydrogen-bond donors (Lipinski definition) is 2. The highest BCUT2D eigenvalue weighted by atomic mass is 32.2. The van der Waals surface area contributed by atoms with E-state index in [9.17, 15) is 21.6 Å². The van der Waals surface area contributed by atoms with Crippen LogP contribution in [0.25, 0.3) is 0 Å². The number of nitrogens with zero attached hydrogens (tertiary/aromatic N) is 1. The molecule has 1 aliphatic rings. The molecule has 25 heavy (non-hydrogen) atoms. The molecule has 1 heterocycles. The van der Waals surface area contributed by atoms with Gasteiger partial charge >= 0.3 is 6.18 Å². The fourth-order valence-corrected chi connectivity index (χ4v) is 4.54. The molecule has 1 aliphatic heterocycles. The van der Waals surface area contributed by atoms with E-state index in [1.807, 2.05) is 0 Å². The monoisotopic (exact) mass is 377 g/mol. The normalized spacial score (nSPS) is 20.5. The molecule has 1 fully saturated rings. The van der Waals surface area contributed by atoms with Gasteiger partial charge in [0.05, 0.1) is 17.1 Å². The molecule has 1 saturated heterocycles. The summed E-state index contributed by atoms with van der Waals surface area (Å²) in [6, 6.07) is 5.07. The van der Waals surface area contributed by atoms with Crippen LogP contribution in [0.1, 0.15) is 17.5 Å². The van der Waals surface area contributed by atoms with Gasteiger partial charge in [-0.25, -0.2) is 8.42 Å². The Hall–Kier alpha value is -1.77. The lowest BCUT2D eigenvalue weighted by molar-refractivity contribution is -0.137. The Morgan fingerprint density at radius 1 is 1.24 bits per heavy atom. The van der Waals surface area contributed by atoms with Crippen molar-refractivity contribution in [3.8, 4) is 0 Å². The molecule has 2 N–H and O–H groups in total. The molecule has 0 bridgehead atoms. The fourth-order valence-electron chi connectivity index (χ4n) is 2.68. The highest BCUT2D eigenvalue weighted by Gasteiger charge is 2.30. The number of nitrogens with one attached hydrogen (secondary N) is 2. The maximum atomic E-state index is 12.5. The second kappa shape index (κ2) is 8.07. The molecule has 0 spiro atoms. The van der Waals surface area contributed by atoms with Crippen molar-refractivity contribution in [3.05, 3.63) is 35.4 Å². The summed E-state index contributed by atoms with van der Waals surface area (Å²) >= 11 is 0. The minimum atomic E-state index is -4.32. The third-order valence-corrected chi connectivity index (χ3v) is 5.93. The van der Waals surface area contributed by atoms with Crippen molar-refractivity contribution in [2.45, 2.75) is 19.0 Å². The third kappa shape index (κ3) is 6.22. The van der Waals surface area contributed by atoms with Crippen LogP contribution in [-0.2, 0) is 22.4 Å². The molecule has 1 atom stereocenters. The summed E-state index contributed by atoms with van der Waals surface area (Å²) in [5.41, 5.74) is 0.131. The van der Waals surface area contributed by atoms with Crippen molar-refractivity contribution in [1.29, 1.82) is 0 Å². The Morgan fingerprint density at radius 3 is 2.44 bits per heavy atom. The lowest BCUT2D eigenvalue weighted by Crippen LogP contribution is -2.40. The lowest BCUT2D eigenvalue weighted by Gasteiger charge is -2.14. The Morgan fingerprint density at radius 2 is 1.92 bits per heavy atom. The number of halogens is 3. The van der Waals surface area contributed by atoms with Gasteiger partial charge in [0.15, 0.2) is 15.8 Å². The van der Waals surface area contributed by atoms with Crippen LogP contribution in [0.4, 0.5) is 13.2 Å². The summed E-state index contributed by atoms with van der Waals surface area (Å²) < 4.78 is 60.4. The second-order valence-electron chi connectivity index (χ2n) is 6.09. The highest BCUT2D eigenvalue weighted by Crippen LogP contribution is 2.29. The zero-order valence-corrected chi connectivity index (χ0v) is 14.8. The molecule has 1 unspecified atom stereocenters. The van der Waals surface area contributed by atoms with Crippen LogP contribution in [-0.4, -0.2) is 46.0 Å². The first kappa shape index (κ1) is 19.6. The number of aliphatic imine (C=N–C) groups is 1.